The number of nitrogens with zero attached hydrogens (tertiary/aromatic N) is 6. The van der Waals surface area contributed by atoms with Crippen molar-refractivity contribution in [1.29, 1.82) is 0 Å². The minimum absolute atomic E-state index is 0.210. The van der Waals surface area contributed by atoms with Crippen molar-refractivity contribution < 1.29 is 8.78 Å². The zero-order valence-electron chi connectivity index (χ0n) is 19.3. The molecule has 0 saturated carbocycles. The highest BCUT2D eigenvalue weighted by molar-refractivity contribution is 5.59. The summed E-state index contributed by atoms with van der Waals surface area (Å²) in [5, 5.41) is 12.9. The lowest BCUT2D eigenvalue weighted by Gasteiger charge is -2.25. The van der Waals surface area contributed by atoms with Crippen LogP contribution in [0.4, 0.5) is 8.78 Å². The van der Waals surface area contributed by atoms with Gasteiger partial charge >= 0.3 is 0 Å². The van der Waals surface area contributed by atoms with Crippen LogP contribution >= 0.6 is 0 Å². The summed E-state index contributed by atoms with van der Waals surface area (Å²) in [5.41, 5.74) is 2.78. The van der Waals surface area contributed by atoms with Gasteiger partial charge in [-0.3, -0.25) is 9.48 Å². The summed E-state index contributed by atoms with van der Waals surface area (Å²) in [5.74, 6) is -1.40. The summed E-state index contributed by atoms with van der Waals surface area (Å²) in [6, 6.07) is 13.7. The van der Waals surface area contributed by atoms with E-state index in [9.17, 15) is 13.6 Å². The van der Waals surface area contributed by atoms with E-state index < -0.39 is 11.6 Å². The molecule has 5 rings (SSSR count). The summed E-state index contributed by atoms with van der Waals surface area (Å²) < 4.78 is 30.4. The molecule has 2 aromatic heterocycles. The molecular formula is C26H26F2N6O. The first kappa shape index (κ1) is 23.0. The van der Waals surface area contributed by atoms with Gasteiger partial charge in [0.15, 0.2) is 0 Å². The van der Waals surface area contributed by atoms with Gasteiger partial charge in [-0.15, -0.1) is 5.10 Å². The zero-order valence-corrected chi connectivity index (χ0v) is 19.3. The van der Waals surface area contributed by atoms with Crippen LogP contribution in [0.15, 0.2) is 65.6 Å². The van der Waals surface area contributed by atoms with Crippen LogP contribution in [0, 0.1) is 11.6 Å². The highest BCUT2D eigenvalue weighted by atomic mass is 19.1. The van der Waals surface area contributed by atoms with Gasteiger partial charge in [-0.05, 0) is 55.8 Å². The Morgan fingerprint density at radius 2 is 1.63 bits per heavy atom. The van der Waals surface area contributed by atoms with Crippen LogP contribution in [0.5, 0.6) is 0 Å². The molecule has 0 unspecified atom stereocenters. The second-order valence-electron chi connectivity index (χ2n) is 8.84. The lowest BCUT2D eigenvalue weighted by atomic mass is 10.1. The van der Waals surface area contributed by atoms with Crippen molar-refractivity contribution in [1.82, 2.24) is 29.7 Å². The highest BCUT2D eigenvalue weighted by Crippen LogP contribution is 2.20. The Morgan fingerprint density at radius 1 is 0.829 bits per heavy atom. The first-order chi connectivity index (χ1) is 17.0. The normalized spacial score (nSPS) is 14.3. The molecule has 1 saturated heterocycles. The molecule has 4 aromatic rings. The van der Waals surface area contributed by atoms with Crippen molar-refractivity contribution in [2.45, 2.75) is 32.4 Å². The minimum Gasteiger partial charge on any atom is -0.301 e. The van der Waals surface area contributed by atoms with Crippen molar-refractivity contribution in [3.05, 3.63) is 88.3 Å². The van der Waals surface area contributed by atoms with Crippen LogP contribution in [-0.2, 0) is 13.1 Å². The Hall–Kier alpha value is -3.72. The molecule has 0 radical (unpaired) electrons. The molecule has 2 aromatic carbocycles. The molecule has 3 heterocycles. The predicted octanol–water partition coefficient (Wildman–Crippen LogP) is 3.98. The van der Waals surface area contributed by atoms with E-state index in [2.05, 4.69) is 20.3 Å². The fraction of sp³-hybridized carbons (Fsp3) is 0.308. The Kier molecular flexibility index (Phi) is 6.76. The predicted molar refractivity (Wildman–Crippen MR) is 129 cm³/mol. The molecule has 1 aliphatic heterocycles. The molecule has 0 aliphatic carbocycles. The number of benzene rings is 2. The average Bonchev–Trinajstić information content (AvgIpc) is 3.34. The van der Waals surface area contributed by atoms with E-state index in [1.54, 1.807) is 0 Å². The van der Waals surface area contributed by atoms with E-state index in [1.807, 2.05) is 35.1 Å². The molecule has 0 amide bonds. The lowest BCUT2D eigenvalue weighted by Crippen LogP contribution is -2.32. The Labute approximate surface area is 201 Å². The number of likely N-dealkylation sites (tertiary alicyclic amines) is 1. The molecule has 1 aliphatic rings. The van der Waals surface area contributed by atoms with Crippen molar-refractivity contribution in [2.24, 2.45) is 0 Å². The first-order valence-corrected chi connectivity index (χ1v) is 11.8. The number of rotatable bonds is 7. The fourth-order valence-electron chi connectivity index (χ4n) is 4.39. The largest absolute Gasteiger partial charge is 0.301 e. The third-order valence-electron chi connectivity index (χ3n) is 6.21. The smallest absolute Gasteiger partial charge is 0.267 e. The van der Waals surface area contributed by atoms with E-state index in [-0.39, 0.29) is 17.7 Å². The van der Waals surface area contributed by atoms with Gasteiger partial charge in [0, 0.05) is 29.8 Å². The van der Waals surface area contributed by atoms with Crippen LogP contribution in [-0.4, -0.2) is 49.3 Å². The fourth-order valence-corrected chi connectivity index (χ4v) is 4.39. The summed E-state index contributed by atoms with van der Waals surface area (Å²) in [7, 11) is 0. The van der Waals surface area contributed by atoms with Gasteiger partial charge in [0.2, 0.25) is 0 Å². The molecule has 1 fully saturated rings. The summed E-state index contributed by atoms with van der Waals surface area (Å²) in [4.78, 5) is 14.9. The van der Waals surface area contributed by atoms with Gasteiger partial charge in [-0.1, -0.05) is 29.8 Å². The second kappa shape index (κ2) is 10.3. The maximum absolute atomic E-state index is 13.6. The van der Waals surface area contributed by atoms with E-state index in [0.717, 1.165) is 49.1 Å². The third kappa shape index (κ3) is 5.68. The van der Waals surface area contributed by atoms with Crippen LogP contribution in [0.25, 0.3) is 22.5 Å². The molecule has 0 spiro atoms. The van der Waals surface area contributed by atoms with Gasteiger partial charge in [0.25, 0.3) is 5.56 Å². The first-order valence-electron chi connectivity index (χ1n) is 11.8. The highest BCUT2D eigenvalue weighted by Gasteiger charge is 2.12. The topological polar surface area (TPSA) is 68.8 Å². The van der Waals surface area contributed by atoms with Crippen molar-refractivity contribution in [3.63, 3.8) is 0 Å². The summed E-state index contributed by atoms with van der Waals surface area (Å²) in [6.45, 7) is 4.25. The van der Waals surface area contributed by atoms with Gasteiger partial charge in [0.1, 0.15) is 17.3 Å². The third-order valence-corrected chi connectivity index (χ3v) is 6.21. The van der Waals surface area contributed by atoms with E-state index >= 15 is 0 Å². The van der Waals surface area contributed by atoms with Crippen LogP contribution < -0.4 is 5.56 Å². The standard InChI is InChI=1S/C26H26F2N6O/c27-22-14-21(15-23(28)16-22)24-7-8-26(35)34(30-24)17-19-5-4-6-20(13-19)25-18-33(31-29-25)12-11-32-9-2-1-3-10-32/h4-8,13-16,18H,1-3,9-12,17H2. The molecule has 9 heteroatoms. The molecule has 35 heavy (non-hydrogen) atoms. The average molecular weight is 477 g/mol. The van der Waals surface area contributed by atoms with Crippen molar-refractivity contribution in [3.8, 4) is 22.5 Å². The second-order valence-corrected chi connectivity index (χ2v) is 8.84. The molecule has 180 valence electrons. The molecule has 7 nitrogen and oxygen atoms in total. The SMILES string of the molecule is O=c1ccc(-c2cc(F)cc(F)c2)nn1Cc1cccc(-c2cn(CCN3CCCCC3)nn2)c1. The van der Waals surface area contributed by atoms with Crippen LogP contribution in [0.3, 0.4) is 0 Å². The van der Waals surface area contributed by atoms with Gasteiger partial charge in [0.05, 0.1) is 25.0 Å². The van der Waals surface area contributed by atoms with Gasteiger partial charge in [-0.25, -0.2) is 13.5 Å². The zero-order chi connectivity index (χ0) is 24.2. The minimum atomic E-state index is -0.698. The van der Waals surface area contributed by atoms with E-state index in [1.165, 1.54) is 48.2 Å². The van der Waals surface area contributed by atoms with Crippen LogP contribution in [0.2, 0.25) is 0 Å². The van der Waals surface area contributed by atoms with Crippen molar-refractivity contribution in [2.75, 3.05) is 19.6 Å². The summed E-state index contributed by atoms with van der Waals surface area (Å²) in [6.07, 6.45) is 5.77. The Balaban J connectivity index is 1.32. The quantitative estimate of drug-likeness (QED) is 0.404. The number of aromatic nitrogens is 5. The monoisotopic (exact) mass is 476 g/mol. The molecule has 0 bridgehead atoms. The number of hydrogen-bond acceptors (Lipinski definition) is 5. The summed E-state index contributed by atoms with van der Waals surface area (Å²) >= 11 is 0. The Bertz CT molecular complexity index is 1360. The lowest BCUT2D eigenvalue weighted by molar-refractivity contribution is 0.217. The van der Waals surface area contributed by atoms with Crippen LogP contribution in [0.1, 0.15) is 24.8 Å². The maximum atomic E-state index is 13.6. The van der Waals surface area contributed by atoms with E-state index in [0.29, 0.717) is 5.69 Å². The van der Waals surface area contributed by atoms with Gasteiger partial charge < -0.3 is 4.90 Å². The number of hydrogen-bond donors (Lipinski definition) is 0. The Morgan fingerprint density at radius 3 is 2.43 bits per heavy atom. The molecular weight excluding hydrogens is 450 g/mol. The molecule has 0 N–H and O–H groups in total. The van der Waals surface area contributed by atoms with E-state index in [4.69, 9.17) is 0 Å². The van der Waals surface area contributed by atoms with Gasteiger partial charge in [-0.2, -0.15) is 5.10 Å². The molecule has 0 atom stereocenters. The number of halogens is 2. The number of piperidine rings is 1. The van der Waals surface area contributed by atoms with Crippen molar-refractivity contribution >= 4 is 0 Å². The maximum Gasteiger partial charge on any atom is 0.267 e.